The van der Waals surface area contributed by atoms with Crippen LogP contribution in [-0.2, 0) is 19.2 Å². The molecule has 194 valence electrons. The van der Waals surface area contributed by atoms with E-state index in [-0.39, 0.29) is 46.7 Å². The van der Waals surface area contributed by atoms with E-state index in [1.54, 1.807) is 19.0 Å². The summed E-state index contributed by atoms with van der Waals surface area (Å²) in [4.78, 5) is 54.3. The molecule has 4 aliphatic heterocycles. The number of nitrogens with zero attached hydrogens (tertiary/aromatic N) is 2. The van der Waals surface area contributed by atoms with Crippen molar-refractivity contribution >= 4 is 58.0 Å². The van der Waals surface area contributed by atoms with Crippen LogP contribution in [0.3, 0.4) is 0 Å². The van der Waals surface area contributed by atoms with Crippen LogP contribution < -0.4 is 21.3 Å². The second-order valence-electron chi connectivity index (χ2n) is 9.80. The summed E-state index contributed by atoms with van der Waals surface area (Å²) >= 11 is 3.66. The molecule has 3 fully saturated rings. The lowest BCUT2D eigenvalue weighted by molar-refractivity contribution is -0.160. The largest absolute Gasteiger partial charge is 0.477 e. The number of piperazine rings is 1. The number of alkyl halides is 1. The number of carboxylic acid groups (broad SMARTS) is 1. The number of β-lactam (4-membered cyclic amide) rings is 1. The van der Waals surface area contributed by atoms with Gasteiger partial charge in [0, 0.05) is 62.4 Å². The average molecular weight is 621 g/mol. The minimum absolute atomic E-state index is 0.00310. The second-order valence-corrected chi connectivity index (χ2v) is 12.9. The van der Waals surface area contributed by atoms with Gasteiger partial charge in [-0.25, -0.2) is 4.79 Å². The van der Waals surface area contributed by atoms with Crippen molar-refractivity contribution in [3.8, 4) is 0 Å². The summed E-state index contributed by atoms with van der Waals surface area (Å²) in [6, 6.07) is -1.12. The zero-order chi connectivity index (χ0) is 25.7. The first kappa shape index (κ1) is 26.6. The van der Waals surface area contributed by atoms with E-state index in [1.165, 1.54) is 16.7 Å². The van der Waals surface area contributed by atoms with E-state index in [9.17, 15) is 24.3 Å². The summed E-state index contributed by atoms with van der Waals surface area (Å²) in [5.74, 6) is -2.37. The fourth-order valence-corrected chi connectivity index (χ4v) is 8.75. The molecule has 0 saturated carbocycles. The smallest absolute Gasteiger partial charge is 0.353 e. The maximum atomic E-state index is 13.3. The second kappa shape index (κ2) is 10.1. The van der Waals surface area contributed by atoms with Crippen molar-refractivity contribution in [1.82, 2.24) is 31.1 Å². The zero-order valence-corrected chi connectivity index (χ0v) is 23.2. The Balaban J connectivity index is 1.49. The number of hydrogen-bond acceptors (Lipinski definition) is 8. The Kier molecular flexibility index (Phi) is 7.72. The quantitative estimate of drug-likeness (QED) is 0.106. The van der Waals surface area contributed by atoms with Crippen molar-refractivity contribution in [2.24, 2.45) is 11.8 Å². The molecule has 3 amide bonds. The lowest BCUT2D eigenvalue weighted by Gasteiger charge is -2.54. The Morgan fingerprint density at radius 1 is 1.23 bits per heavy atom. The molecule has 4 rings (SSSR count). The van der Waals surface area contributed by atoms with E-state index in [0.717, 1.165) is 6.54 Å². The van der Waals surface area contributed by atoms with E-state index in [1.807, 2.05) is 13.8 Å². The van der Waals surface area contributed by atoms with Crippen molar-refractivity contribution in [3.63, 3.8) is 0 Å². The number of carbonyl (C=O) groups excluding carboxylic acids is 3. The Labute approximate surface area is 222 Å². The molecule has 3 saturated heterocycles. The molecule has 4 heterocycles. The van der Waals surface area contributed by atoms with E-state index in [0.29, 0.717) is 31.0 Å². The van der Waals surface area contributed by atoms with E-state index >= 15 is 0 Å². The molecule has 4 aliphatic rings. The molecule has 7 atom stereocenters. The molecule has 0 aromatic carbocycles. The minimum atomic E-state index is -1.13. The summed E-state index contributed by atoms with van der Waals surface area (Å²) in [6.45, 7) is 6.36. The van der Waals surface area contributed by atoms with Gasteiger partial charge in [-0.1, -0.05) is 29.5 Å². The first-order chi connectivity index (χ1) is 16.5. The fourth-order valence-electron chi connectivity index (χ4n) is 5.44. The van der Waals surface area contributed by atoms with Crippen molar-refractivity contribution in [3.05, 3.63) is 10.6 Å². The predicted octanol–water partition coefficient (Wildman–Crippen LogP) is -0.860. The van der Waals surface area contributed by atoms with Gasteiger partial charge in [-0.3, -0.25) is 19.3 Å². The number of carboxylic acids is 1. The molecule has 5 N–H and O–H groups in total. The monoisotopic (exact) mass is 620 g/mol. The van der Waals surface area contributed by atoms with Crippen LogP contribution in [0.5, 0.6) is 0 Å². The van der Waals surface area contributed by atoms with Crippen molar-refractivity contribution < 1.29 is 24.3 Å². The first-order valence-electron chi connectivity index (χ1n) is 11.8. The Bertz CT molecular complexity index is 957. The molecule has 0 aliphatic carbocycles. The van der Waals surface area contributed by atoms with Gasteiger partial charge in [0.25, 0.3) is 0 Å². The van der Waals surface area contributed by atoms with Gasteiger partial charge in [0.15, 0.2) is 0 Å². The number of nitrogens with one attached hydrogen (secondary N) is 4. The molecule has 13 heteroatoms. The Morgan fingerprint density at radius 3 is 2.54 bits per heavy atom. The summed E-state index contributed by atoms with van der Waals surface area (Å²) in [5.41, 5.74) is 0.0252. The maximum Gasteiger partial charge on any atom is 0.353 e. The van der Waals surface area contributed by atoms with Gasteiger partial charge in [-0.2, -0.15) is 0 Å². The van der Waals surface area contributed by atoms with Gasteiger partial charge < -0.3 is 31.3 Å². The lowest BCUT2D eigenvalue weighted by Crippen LogP contribution is -2.72. The molecule has 0 bridgehead atoms. The molecule has 35 heavy (non-hydrogen) atoms. The van der Waals surface area contributed by atoms with Gasteiger partial charge in [0.2, 0.25) is 17.7 Å². The highest BCUT2D eigenvalue weighted by molar-refractivity contribution is 14.1. The van der Waals surface area contributed by atoms with E-state index < -0.39 is 21.5 Å². The highest BCUT2D eigenvalue weighted by Crippen LogP contribution is 2.62. The van der Waals surface area contributed by atoms with Crippen LogP contribution in [0.4, 0.5) is 0 Å². The zero-order valence-electron chi connectivity index (χ0n) is 20.3. The van der Waals surface area contributed by atoms with Crippen LogP contribution in [0.1, 0.15) is 20.3 Å². The SMILES string of the molecule is C[C@@H](NC(=O)C1CNCCN1)[C@H]1C(=O)N2C(C(=O)O)=C(S[C@@H]3CN[C@H](C(=O)N(C)C)C3)[C@H](C)C12I. The summed E-state index contributed by atoms with van der Waals surface area (Å²) in [6.07, 6.45) is 0.589. The number of hydrogen-bond donors (Lipinski definition) is 5. The maximum absolute atomic E-state index is 13.3. The van der Waals surface area contributed by atoms with Gasteiger partial charge in [-0.15, -0.1) is 11.8 Å². The summed E-state index contributed by atoms with van der Waals surface area (Å²) in [5, 5.41) is 22.6. The predicted molar refractivity (Wildman–Crippen MR) is 140 cm³/mol. The van der Waals surface area contributed by atoms with Gasteiger partial charge in [0.1, 0.15) is 9.24 Å². The fraction of sp³-hybridized carbons (Fsp3) is 0.727. The Morgan fingerprint density at radius 2 is 1.94 bits per heavy atom. The Hall–Kier alpha value is -1.42. The number of amides is 3. The van der Waals surface area contributed by atoms with Gasteiger partial charge >= 0.3 is 5.97 Å². The molecule has 0 radical (unpaired) electrons. The first-order valence-corrected chi connectivity index (χ1v) is 13.8. The normalized spacial score (nSPS) is 35.4. The number of halogens is 1. The van der Waals surface area contributed by atoms with Crippen LogP contribution in [0.25, 0.3) is 0 Å². The van der Waals surface area contributed by atoms with Gasteiger partial charge in [-0.05, 0) is 13.3 Å². The molecule has 11 nitrogen and oxygen atoms in total. The minimum Gasteiger partial charge on any atom is -0.477 e. The number of carbonyl (C=O) groups is 4. The average Bonchev–Trinajstić information content (AvgIpc) is 3.35. The van der Waals surface area contributed by atoms with Crippen LogP contribution in [-0.4, -0.2) is 106 Å². The molecule has 0 aromatic rings. The van der Waals surface area contributed by atoms with E-state index in [2.05, 4.69) is 43.9 Å². The van der Waals surface area contributed by atoms with Crippen LogP contribution in [0.15, 0.2) is 10.6 Å². The molecule has 0 aromatic heterocycles. The number of aliphatic carboxylic acids is 1. The third-order valence-electron chi connectivity index (χ3n) is 7.28. The number of rotatable bonds is 7. The standard InChI is InChI=1S/C22H33IN6O5S/c1-10-17(35-12-7-13(26-8-12)19(31)28(3)4)16(21(33)34)29-20(32)15(22(10,29)23)11(2)27-18(30)14-9-24-5-6-25-14/h10-15,24-26H,5-9H2,1-4H3,(H,27,30)(H,33,34)/t10-,11+,12-,13-,14?,15-,22?/m0/s1. The van der Waals surface area contributed by atoms with Crippen LogP contribution in [0.2, 0.25) is 0 Å². The topological polar surface area (TPSA) is 143 Å². The molecule has 0 spiro atoms. The van der Waals surface area contributed by atoms with E-state index in [4.69, 9.17) is 0 Å². The van der Waals surface area contributed by atoms with Gasteiger partial charge in [0.05, 0.1) is 18.0 Å². The third-order valence-corrected chi connectivity index (χ3v) is 10.9. The summed E-state index contributed by atoms with van der Waals surface area (Å²) in [7, 11) is 3.43. The number of likely N-dealkylation sites (N-methyl/N-ethyl adjacent to an activating group) is 1. The van der Waals surface area contributed by atoms with Crippen molar-refractivity contribution in [2.45, 2.75) is 47.2 Å². The molecular formula is C22H33IN6O5S. The lowest BCUT2D eigenvalue weighted by atomic mass is 9.77. The highest BCUT2D eigenvalue weighted by atomic mass is 127. The third kappa shape index (κ3) is 4.58. The molecule has 2 unspecified atom stereocenters. The van der Waals surface area contributed by atoms with Crippen LogP contribution in [0, 0.1) is 11.8 Å². The number of fused-ring (bicyclic) bond motifs is 1. The van der Waals surface area contributed by atoms with Crippen molar-refractivity contribution in [2.75, 3.05) is 40.3 Å². The molecular weight excluding hydrogens is 587 g/mol. The van der Waals surface area contributed by atoms with Crippen molar-refractivity contribution in [1.29, 1.82) is 0 Å². The van der Waals surface area contributed by atoms with Crippen LogP contribution >= 0.6 is 34.4 Å². The number of thioether (sulfide) groups is 1. The highest BCUT2D eigenvalue weighted by Gasteiger charge is 2.70. The summed E-state index contributed by atoms with van der Waals surface area (Å²) < 4.78 is -0.777.